The number of carboxylic acids is 1. The molecule has 1 aromatic heterocycles. The molecule has 0 spiro atoms. The highest BCUT2D eigenvalue weighted by Crippen LogP contribution is 2.17. The van der Waals surface area contributed by atoms with Gasteiger partial charge in [-0.2, -0.15) is 5.10 Å². The third-order valence-electron chi connectivity index (χ3n) is 2.71. The maximum atomic E-state index is 10.8. The van der Waals surface area contributed by atoms with E-state index < -0.39 is 5.97 Å². The highest BCUT2D eigenvalue weighted by molar-refractivity contribution is 5.94. The molecule has 0 radical (unpaired) electrons. The average molecular weight is 260 g/mol. The van der Waals surface area contributed by atoms with Crippen molar-refractivity contribution in [3.05, 3.63) is 41.7 Å². The minimum Gasteiger partial charge on any atom is -0.478 e. The van der Waals surface area contributed by atoms with Crippen molar-refractivity contribution in [3.63, 3.8) is 0 Å². The van der Waals surface area contributed by atoms with Crippen molar-refractivity contribution < 1.29 is 9.90 Å². The molecular weight excluding hydrogens is 244 g/mol. The van der Waals surface area contributed by atoms with Crippen LogP contribution in [-0.4, -0.2) is 27.4 Å². The minimum absolute atomic E-state index is 0.119. The molecule has 0 amide bonds. The summed E-state index contributed by atoms with van der Waals surface area (Å²) in [6, 6.07) is 4.82. The molecule has 6 heteroatoms. The monoisotopic (exact) mass is 260 g/mol. The summed E-state index contributed by atoms with van der Waals surface area (Å²) in [4.78, 5) is 10.8. The summed E-state index contributed by atoms with van der Waals surface area (Å²) in [5.41, 5.74) is 7.96. The molecular formula is C13H16N4O2. The van der Waals surface area contributed by atoms with E-state index in [1.807, 2.05) is 17.8 Å². The van der Waals surface area contributed by atoms with Crippen LogP contribution in [0.1, 0.15) is 15.9 Å². The number of benzene rings is 1. The van der Waals surface area contributed by atoms with Crippen LogP contribution >= 0.6 is 0 Å². The molecule has 4 N–H and O–H groups in total. The fourth-order valence-electron chi connectivity index (χ4n) is 1.77. The van der Waals surface area contributed by atoms with Crippen LogP contribution < -0.4 is 11.1 Å². The first-order valence-corrected chi connectivity index (χ1v) is 5.92. The molecule has 0 unspecified atom stereocenters. The van der Waals surface area contributed by atoms with Gasteiger partial charge < -0.3 is 16.2 Å². The maximum Gasteiger partial charge on any atom is 0.337 e. The molecule has 0 aliphatic rings. The van der Waals surface area contributed by atoms with E-state index in [1.165, 1.54) is 6.07 Å². The number of nitrogen functional groups attached to an aromatic ring is 1. The number of rotatable bonds is 5. The number of nitrogens with zero attached hydrogens (tertiary/aromatic N) is 2. The first-order chi connectivity index (χ1) is 9.06. The van der Waals surface area contributed by atoms with Crippen LogP contribution in [0.5, 0.6) is 0 Å². The summed E-state index contributed by atoms with van der Waals surface area (Å²) < 4.78 is 1.84. The van der Waals surface area contributed by atoms with E-state index in [2.05, 4.69) is 10.4 Å². The number of anilines is 2. The van der Waals surface area contributed by atoms with Crippen LogP contribution in [0, 0.1) is 6.92 Å². The van der Waals surface area contributed by atoms with E-state index in [9.17, 15) is 4.79 Å². The Labute approximate surface area is 110 Å². The normalized spacial score (nSPS) is 10.4. The molecule has 100 valence electrons. The fourth-order valence-corrected chi connectivity index (χ4v) is 1.77. The van der Waals surface area contributed by atoms with Crippen LogP contribution in [0.3, 0.4) is 0 Å². The number of hydrogen-bond acceptors (Lipinski definition) is 4. The van der Waals surface area contributed by atoms with Crippen LogP contribution in [0.15, 0.2) is 30.6 Å². The molecule has 6 nitrogen and oxygen atoms in total. The highest BCUT2D eigenvalue weighted by atomic mass is 16.4. The van der Waals surface area contributed by atoms with Crippen molar-refractivity contribution >= 4 is 17.3 Å². The van der Waals surface area contributed by atoms with Gasteiger partial charge in [-0.05, 0) is 30.7 Å². The zero-order valence-corrected chi connectivity index (χ0v) is 10.6. The van der Waals surface area contributed by atoms with Crippen molar-refractivity contribution in [2.45, 2.75) is 13.5 Å². The van der Waals surface area contributed by atoms with Gasteiger partial charge in [0.1, 0.15) is 0 Å². The standard InChI is InChI=1S/C13H16N4O2/c1-9-7-16-17(8-9)5-4-15-10-2-3-11(13(18)19)12(14)6-10/h2-3,6-8,15H,4-5,14H2,1H3,(H,18,19). The van der Waals surface area contributed by atoms with E-state index in [-0.39, 0.29) is 11.3 Å². The average Bonchev–Trinajstić information content (AvgIpc) is 2.75. The predicted octanol–water partition coefficient (Wildman–Crippen LogP) is 1.58. The number of aromatic carboxylic acids is 1. The zero-order valence-electron chi connectivity index (χ0n) is 10.6. The second-order valence-corrected chi connectivity index (χ2v) is 4.31. The molecule has 2 aromatic rings. The van der Waals surface area contributed by atoms with Crippen molar-refractivity contribution in [2.24, 2.45) is 0 Å². The topological polar surface area (TPSA) is 93.2 Å². The van der Waals surface area contributed by atoms with Gasteiger partial charge >= 0.3 is 5.97 Å². The molecule has 0 aliphatic carbocycles. The Morgan fingerprint density at radius 3 is 2.89 bits per heavy atom. The van der Waals surface area contributed by atoms with Gasteiger partial charge in [-0.1, -0.05) is 0 Å². The molecule has 1 aromatic carbocycles. The number of aryl methyl sites for hydroxylation is 1. The summed E-state index contributed by atoms with van der Waals surface area (Å²) >= 11 is 0. The predicted molar refractivity (Wildman–Crippen MR) is 73.3 cm³/mol. The number of aromatic nitrogens is 2. The molecule has 0 saturated carbocycles. The van der Waals surface area contributed by atoms with Gasteiger partial charge in [0, 0.05) is 24.1 Å². The second kappa shape index (κ2) is 5.43. The van der Waals surface area contributed by atoms with Gasteiger partial charge in [0.2, 0.25) is 0 Å². The van der Waals surface area contributed by atoms with Crippen LogP contribution in [-0.2, 0) is 6.54 Å². The third-order valence-corrected chi connectivity index (χ3v) is 2.71. The Morgan fingerprint density at radius 1 is 1.53 bits per heavy atom. The summed E-state index contributed by atoms with van der Waals surface area (Å²) in [6.45, 7) is 3.41. The molecule has 0 bridgehead atoms. The fraction of sp³-hybridized carbons (Fsp3) is 0.231. The largest absolute Gasteiger partial charge is 0.478 e. The lowest BCUT2D eigenvalue weighted by molar-refractivity contribution is 0.0698. The molecule has 0 aliphatic heterocycles. The molecule has 0 fully saturated rings. The van der Waals surface area contributed by atoms with E-state index in [0.717, 1.165) is 17.8 Å². The second-order valence-electron chi connectivity index (χ2n) is 4.31. The quantitative estimate of drug-likeness (QED) is 0.710. The Kier molecular flexibility index (Phi) is 3.70. The number of nitrogens with two attached hydrogens (primary N) is 1. The highest BCUT2D eigenvalue weighted by Gasteiger charge is 2.07. The Hall–Kier alpha value is -2.50. The van der Waals surface area contributed by atoms with Crippen LogP contribution in [0.4, 0.5) is 11.4 Å². The molecule has 0 atom stereocenters. The number of hydrogen-bond donors (Lipinski definition) is 3. The van der Waals surface area contributed by atoms with Gasteiger partial charge in [-0.3, -0.25) is 4.68 Å². The van der Waals surface area contributed by atoms with Crippen molar-refractivity contribution in [2.75, 3.05) is 17.6 Å². The van der Waals surface area contributed by atoms with Crippen molar-refractivity contribution in [1.29, 1.82) is 0 Å². The first kappa shape index (κ1) is 12.9. The Bertz CT molecular complexity index is 592. The van der Waals surface area contributed by atoms with Gasteiger partial charge in [0.05, 0.1) is 18.3 Å². The SMILES string of the molecule is Cc1cnn(CCNc2ccc(C(=O)O)c(N)c2)c1. The summed E-state index contributed by atoms with van der Waals surface area (Å²) in [5.74, 6) is -1.02. The van der Waals surface area contributed by atoms with Crippen LogP contribution in [0.25, 0.3) is 0 Å². The summed E-state index contributed by atoms with van der Waals surface area (Å²) in [5, 5.41) is 16.2. The van der Waals surface area contributed by atoms with Gasteiger partial charge in [-0.15, -0.1) is 0 Å². The summed E-state index contributed by atoms with van der Waals surface area (Å²) in [6.07, 6.45) is 3.77. The summed E-state index contributed by atoms with van der Waals surface area (Å²) in [7, 11) is 0. The lowest BCUT2D eigenvalue weighted by atomic mass is 10.1. The van der Waals surface area contributed by atoms with E-state index in [0.29, 0.717) is 6.54 Å². The van der Waals surface area contributed by atoms with Crippen molar-refractivity contribution in [3.8, 4) is 0 Å². The van der Waals surface area contributed by atoms with E-state index >= 15 is 0 Å². The van der Waals surface area contributed by atoms with Gasteiger partial charge in [-0.25, -0.2) is 4.79 Å². The minimum atomic E-state index is -1.02. The Balaban J connectivity index is 1.93. The first-order valence-electron chi connectivity index (χ1n) is 5.92. The van der Waals surface area contributed by atoms with Crippen LogP contribution in [0.2, 0.25) is 0 Å². The van der Waals surface area contributed by atoms with E-state index in [4.69, 9.17) is 10.8 Å². The third kappa shape index (κ3) is 3.25. The lowest BCUT2D eigenvalue weighted by Crippen LogP contribution is -2.11. The smallest absolute Gasteiger partial charge is 0.337 e. The Morgan fingerprint density at radius 2 is 2.32 bits per heavy atom. The number of carbonyl (C=O) groups is 1. The van der Waals surface area contributed by atoms with E-state index in [1.54, 1.807) is 18.3 Å². The molecule has 1 heterocycles. The molecule has 0 saturated heterocycles. The lowest BCUT2D eigenvalue weighted by Gasteiger charge is -2.08. The number of nitrogens with one attached hydrogen (secondary N) is 1. The molecule has 19 heavy (non-hydrogen) atoms. The van der Waals surface area contributed by atoms with Crippen molar-refractivity contribution in [1.82, 2.24) is 9.78 Å². The molecule has 2 rings (SSSR count). The number of carboxylic acid groups (broad SMARTS) is 1. The van der Waals surface area contributed by atoms with Gasteiger partial charge in [0.15, 0.2) is 0 Å². The zero-order chi connectivity index (χ0) is 13.8. The maximum absolute atomic E-state index is 10.8. The van der Waals surface area contributed by atoms with Gasteiger partial charge in [0.25, 0.3) is 0 Å².